The summed E-state index contributed by atoms with van der Waals surface area (Å²) in [4.78, 5) is 4.13. The Balaban J connectivity index is 2.81. The number of hydrogen-bond donors (Lipinski definition) is 2. The van der Waals surface area contributed by atoms with Gasteiger partial charge in [0.1, 0.15) is 12.1 Å². The number of hydrogen-bond acceptors (Lipinski definition) is 6. The number of aromatic nitrogens is 2. The summed E-state index contributed by atoms with van der Waals surface area (Å²) in [6.45, 7) is 6.31. The second-order valence-corrected chi connectivity index (χ2v) is 3.90. The first kappa shape index (κ1) is 13.1. The normalized spacial score (nSPS) is 15.4. The van der Waals surface area contributed by atoms with Crippen LogP contribution >= 0.6 is 0 Å². The van der Waals surface area contributed by atoms with E-state index in [4.69, 9.17) is 20.1 Å². The van der Waals surface area contributed by atoms with Gasteiger partial charge in [-0.05, 0) is 12.8 Å². The molecule has 1 aromatic rings. The molecule has 1 heterocycles. The van der Waals surface area contributed by atoms with Crippen molar-refractivity contribution in [2.24, 2.45) is 11.7 Å². The van der Waals surface area contributed by atoms with Gasteiger partial charge in [-0.15, -0.1) is 0 Å². The number of ether oxygens (including phenoxy) is 1. The molecule has 0 aliphatic carbocycles. The molecule has 6 nitrogen and oxygen atoms in total. The first-order valence-electron chi connectivity index (χ1n) is 5.41. The topological polar surface area (TPSA) is 94.4 Å². The summed E-state index contributed by atoms with van der Waals surface area (Å²) in [6, 6.07) is -0.629. The van der Waals surface area contributed by atoms with Crippen molar-refractivity contribution >= 4 is 0 Å². The molecule has 2 atom stereocenters. The molecule has 0 aromatic carbocycles. The van der Waals surface area contributed by atoms with Gasteiger partial charge in [-0.1, -0.05) is 19.0 Å². The molecule has 16 heavy (non-hydrogen) atoms. The smallest absolute Gasteiger partial charge is 0.246 e. The van der Waals surface area contributed by atoms with Crippen LogP contribution in [0.1, 0.15) is 44.6 Å². The van der Waals surface area contributed by atoms with E-state index in [-0.39, 0.29) is 24.5 Å². The summed E-state index contributed by atoms with van der Waals surface area (Å²) in [6.07, 6.45) is -0.201. The molecule has 6 heteroatoms. The van der Waals surface area contributed by atoms with E-state index in [9.17, 15) is 0 Å². The quantitative estimate of drug-likeness (QED) is 0.749. The molecule has 3 N–H and O–H groups in total. The molecule has 0 aliphatic rings. The number of aliphatic hydroxyl groups excluding tert-OH is 1. The molecule has 0 saturated carbocycles. The Bertz CT molecular complexity index is 314. The first-order valence-corrected chi connectivity index (χ1v) is 5.41. The molecule has 0 aliphatic heterocycles. The van der Waals surface area contributed by atoms with Crippen molar-refractivity contribution in [1.82, 2.24) is 10.1 Å². The lowest BCUT2D eigenvalue weighted by Gasteiger charge is -2.16. The predicted octanol–water partition coefficient (Wildman–Crippen LogP) is 0.795. The lowest BCUT2D eigenvalue weighted by Crippen LogP contribution is -2.16. The Morgan fingerprint density at radius 2 is 2.19 bits per heavy atom. The minimum absolute atomic E-state index is 0.201. The van der Waals surface area contributed by atoms with Crippen LogP contribution in [0.2, 0.25) is 0 Å². The van der Waals surface area contributed by atoms with Crippen LogP contribution in [0, 0.1) is 5.92 Å². The highest BCUT2D eigenvalue weighted by Gasteiger charge is 2.23. The molecular weight excluding hydrogens is 210 g/mol. The van der Waals surface area contributed by atoms with Crippen LogP contribution in [-0.4, -0.2) is 28.5 Å². The third-order valence-electron chi connectivity index (χ3n) is 2.18. The summed E-state index contributed by atoms with van der Waals surface area (Å²) >= 11 is 0. The first-order chi connectivity index (χ1) is 7.60. The van der Waals surface area contributed by atoms with Crippen LogP contribution in [0.5, 0.6) is 0 Å². The number of nitrogens with zero attached hydrogens (tertiary/aromatic N) is 2. The van der Waals surface area contributed by atoms with Gasteiger partial charge in [0.2, 0.25) is 11.7 Å². The fourth-order valence-electron chi connectivity index (χ4n) is 1.34. The minimum Gasteiger partial charge on any atom is -0.394 e. The van der Waals surface area contributed by atoms with Crippen LogP contribution in [-0.2, 0) is 4.74 Å². The Morgan fingerprint density at radius 1 is 1.50 bits per heavy atom. The van der Waals surface area contributed by atoms with Crippen LogP contribution < -0.4 is 5.73 Å². The van der Waals surface area contributed by atoms with Crippen molar-refractivity contribution in [2.75, 3.05) is 13.2 Å². The zero-order chi connectivity index (χ0) is 12.1. The molecule has 0 amide bonds. The molecule has 92 valence electrons. The number of rotatable bonds is 6. The Kier molecular flexibility index (Phi) is 4.85. The molecule has 1 rings (SSSR count). The van der Waals surface area contributed by atoms with Gasteiger partial charge in [-0.2, -0.15) is 4.98 Å². The molecular formula is C10H19N3O3. The van der Waals surface area contributed by atoms with Gasteiger partial charge in [0.25, 0.3) is 0 Å². The van der Waals surface area contributed by atoms with Crippen molar-refractivity contribution < 1.29 is 14.4 Å². The maximum absolute atomic E-state index is 8.86. The zero-order valence-corrected chi connectivity index (χ0v) is 9.88. The van der Waals surface area contributed by atoms with E-state index in [0.29, 0.717) is 12.4 Å². The molecule has 0 saturated heterocycles. The lowest BCUT2D eigenvalue weighted by molar-refractivity contribution is 0.0217. The standard InChI is InChI=1S/C10H19N3O3/c1-4-15-8(6(2)3)9-12-10(16-13-9)7(11)5-14/h6-8,14H,4-5,11H2,1-3H3/t7-,8?/m0/s1. The van der Waals surface area contributed by atoms with Crippen molar-refractivity contribution in [1.29, 1.82) is 0 Å². The molecule has 0 bridgehead atoms. The maximum Gasteiger partial charge on any atom is 0.246 e. The van der Waals surface area contributed by atoms with E-state index in [1.54, 1.807) is 0 Å². The minimum atomic E-state index is -0.629. The second kappa shape index (κ2) is 5.93. The van der Waals surface area contributed by atoms with E-state index >= 15 is 0 Å². The molecule has 1 aromatic heterocycles. The van der Waals surface area contributed by atoms with Gasteiger partial charge in [0, 0.05) is 6.61 Å². The van der Waals surface area contributed by atoms with E-state index < -0.39 is 6.04 Å². The fraction of sp³-hybridized carbons (Fsp3) is 0.800. The van der Waals surface area contributed by atoms with Gasteiger partial charge in [-0.3, -0.25) is 0 Å². The highest BCUT2D eigenvalue weighted by Crippen LogP contribution is 2.23. The summed E-state index contributed by atoms with van der Waals surface area (Å²) in [5, 5.41) is 12.7. The number of nitrogens with two attached hydrogens (primary N) is 1. The largest absolute Gasteiger partial charge is 0.394 e. The SMILES string of the molecule is CCOC(c1noc([C@@H](N)CO)n1)C(C)C. The fourth-order valence-corrected chi connectivity index (χ4v) is 1.34. The Labute approximate surface area is 94.8 Å². The van der Waals surface area contributed by atoms with Gasteiger partial charge in [0.15, 0.2) is 0 Å². The number of aliphatic hydroxyl groups is 1. The zero-order valence-electron chi connectivity index (χ0n) is 9.88. The monoisotopic (exact) mass is 229 g/mol. The van der Waals surface area contributed by atoms with E-state index in [0.717, 1.165) is 0 Å². The lowest BCUT2D eigenvalue weighted by atomic mass is 10.1. The van der Waals surface area contributed by atoms with E-state index in [1.807, 2.05) is 20.8 Å². The summed E-state index contributed by atoms with van der Waals surface area (Å²) in [5.41, 5.74) is 5.57. The van der Waals surface area contributed by atoms with Crippen LogP contribution in [0.3, 0.4) is 0 Å². The van der Waals surface area contributed by atoms with Gasteiger partial charge >= 0.3 is 0 Å². The summed E-state index contributed by atoms with van der Waals surface area (Å²) in [5.74, 6) is 0.967. The maximum atomic E-state index is 8.86. The van der Waals surface area contributed by atoms with Crippen LogP contribution in [0.25, 0.3) is 0 Å². The van der Waals surface area contributed by atoms with E-state index in [1.165, 1.54) is 0 Å². The Morgan fingerprint density at radius 3 is 2.69 bits per heavy atom. The van der Waals surface area contributed by atoms with Gasteiger partial charge in [0.05, 0.1) is 6.61 Å². The molecule has 0 spiro atoms. The van der Waals surface area contributed by atoms with Crippen LogP contribution in [0.15, 0.2) is 4.52 Å². The third-order valence-corrected chi connectivity index (χ3v) is 2.18. The predicted molar refractivity (Wildman–Crippen MR) is 57.5 cm³/mol. The average molecular weight is 229 g/mol. The van der Waals surface area contributed by atoms with Crippen molar-refractivity contribution in [2.45, 2.75) is 32.9 Å². The molecule has 1 unspecified atom stereocenters. The van der Waals surface area contributed by atoms with E-state index in [2.05, 4.69) is 10.1 Å². The highest BCUT2D eigenvalue weighted by atomic mass is 16.5. The van der Waals surface area contributed by atoms with Gasteiger partial charge in [-0.25, -0.2) is 0 Å². The summed E-state index contributed by atoms with van der Waals surface area (Å²) < 4.78 is 10.5. The van der Waals surface area contributed by atoms with Gasteiger partial charge < -0.3 is 20.1 Å². The average Bonchev–Trinajstić information content (AvgIpc) is 2.73. The van der Waals surface area contributed by atoms with Crippen molar-refractivity contribution in [3.05, 3.63) is 11.7 Å². The van der Waals surface area contributed by atoms with Crippen molar-refractivity contribution in [3.8, 4) is 0 Å². The van der Waals surface area contributed by atoms with Crippen LogP contribution in [0.4, 0.5) is 0 Å². The molecule has 0 fully saturated rings. The van der Waals surface area contributed by atoms with Crippen molar-refractivity contribution in [3.63, 3.8) is 0 Å². The molecule has 0 radical (unpaired) electrons. The summed E-state index contributed by atoms with van der Waals surface area (Å²) in [7, 11) is 0. The highest BCUT2D eigenvalue weighted by molar-refractivity contribution is 4.96. The third kappa shape index (κ3) is 3.01. The Hall–Kier alpha value is -0.980. The second-order valence-electron chi connectivity index (χ2n) is 3.90.